The maximum atomic E-state index is 5.86. The Hall–Kier alpha value is -1.23. The smallest absolute Gasteiger partial charge is 0.133 e. The second-order valence-electron chi connectivity index (χ2n) is 3.37. The van der Waals surface area contributed by atoms with Gasteiger partial charge in [-0.2, -0.15) is 0 Å². The van der Waals surface area contributed by atoms with E-state index in [2.05, 4.69) is 39.6 Å². The molecule has 0 saturated carbocycles. The third-order valence-electron chi connectivity index (χ3n) is 2.26. The standard InChI is InChI=1S/C12H7ClN2S2/c13-12-6-8(14-7-15-12)9-3-4-11(17-9)10-2-1-5-16-10/h1-7H. The van der Waals surface area contributed by atoms with Crippen LogP contribution < -0.4 is 0 Å². The molecule has 0 bridgehead atoms. The van der Waals surface area contributed by atoms with Gasteiger partial charge in [0.05, 0.1) is 10.6 Å². The maximum Gasteiger partial charge on any atom is 0.133 e. The molecule has 3 aromatic heterocycles. The molecule has 0 radical (unpaired) electrons. The van der Waals surface area contributed by atoms with Crippen LogP contribution in [-0.4, -0.2) is 9.97 Å². The molecule has 0 N–H and O–H groups in total. The monoisotopic (exact) mass is 278 g/mol. The van der Waals surface area contributed by atoms with Crippen molar-refractivity contribution in [3.05, 3.63) is 47.2 Å². The van der Waals surface area contributed by atoms with Crippen molar-refractivity contribution in [2.75, 3.05) is 0 Å². The Morgan fingerprint density at radius 2 is 1.88 bits per heavy atom. The first kappa shape index (κ1) is 10.9. The molecule has 3 heterocycles. The summed E-state index contributed by atoms with van der Waals surface area (Å²) in [6, 6.07) is 10.1. The van der Waals surface area contributed by atoms with Gasteiger partial charge in [0.2, 0.25) is 0 Å². The summed E-state index contributed by atoms with van der Waals surface area (Å²) >= 11 is 9.31. The maximum absolute atomic E-state index is 5.86. The minimum Gasteiger partial charge on any atom is -0.235 e. The Bertz CT molecular complexity index is 632. The van der Waals surface area contributed by atoms with Crippen molar-refractivity contribution in [2.45, 2.75) is 0 Å². The Morgan fingerprint density at radius 1 is 1.00 bits per heavy atom. The first-order chi connectivity index (χ1) is 8.33. The van der Waals surface area contributed by atoms with Crippen LogP contribution in [-0.2, 0) is 0 Å². The van der Waals surface area contributed by atoms with Gasteiger partial charge >= 0.3 is 0 Å². The van der Waals surface area contributed by atoms with Crippen molar-refractivity contribution in [2.24, 2.45) is 0 Å². The molecule has 0 amide bonds. The van der Waals surface area contributed by atoms with Crippen molar-refractivity contribution in [3.63, 3.8) is 0 Å². The third kappa shape index (κ3) is 2.24. The lowest BCUT2D eigenvalue weighted by atomic mass is 10.3. The number of halogens is 1. The summed E-state index contributed by atoms with van der Waals surface area (Å²) in [5, 5.41) is 2.55. The van der Waals surface area contributed by atoms with Crippen molar-refractivity contribution in [1.82, 2.24) is 9.97 Å². The molecule has 0 fully saturated rings. The molecule has 17 heavy (non-hydrogen) atoms. The Labute approximate surface area is 112 Å². The SMILES string of the molecule is Clc1cc(-c2ccc(-c3cccs3)s2)ncn1. The van der Waals surface area contributed by atoms with Gasteiger partial charge in [0.15, 0.2) is 0 Å². The van der Waals surface area contributed by atoms with E-state index in [9.17, 15) is 0 Å². The molecule has 0 aromatic carbocycles. The fourth-order valence-corrected chi connectivity index (χ4v) is 3.45. The highest BCUT2D eigenvalue weighted by Crippen LogP contribution is 2.35. The summed E-state index contributed by atoms with van der Waals surface area (Å²) in [5.74, 6) is 0. The molecule has 0 unspecified atom stereocenters. The molecular weight excluding hydrogens is 272 g/mol. The summed E-state index contributed by atoms with van der Waals surface area (Å²) in [6.07, 6.45) is 1.49. The predicted molar refractivity (Wildman–Crippen MR) is 73.7 cm³/mol. The highest BCUT2D eigenvalue weighted by Gasteiger charge is 2.07. The summed E-state index contributed by atoms with van der Waals surface area (Å²) in [4.78, 5) is 11.7. The third-order valence-corrected chi connectivity index (χ3v) is 4.64. The zero-order valence-electron chi connectivity index (χ0n) is 8.63. The van der Waals surface area contributed by atoms with E-state index in [1.54, 1.807) is 28.7 Å². The molecule has 3 rings (SSSR count). The molecule has 0 saturated heterocycles. The molecule has 3 aromatic rings. The first-order valence-electron chi connectivity index (χ1n) is 4.94. The van der Waals surface area contributed by atoms with Crippen LogP contribution in [0.2, 0.25) is 5.15 Å². The van der Waals surface area contributed by atoms with Gasteiger partial charge in [-0.05, 0) is 23.6 Å². The zero-order valence-corrected chi connectivity index (χ0v) is 11.0. The summed E-state index contributed by atoms with van der Waals surface area (Å²) in [7, 11) is 0. The van der Waals surface area contributed by atoms with Crippen molar-refractivity contribution >= 4 is 34.3 Å². The van der Waals surface area contributed by atoms with Crippen molar-refractivity contribution in [1.29, 1.82) is 0 Å². The molecule has 0 aliphatic heterocycles. The molecule has 2 nitrogen and oxygen atoms in total. The van der Waals surface area contributed by atoms with Gasteiger partial charge < -0.3 is 0 Å². The highest BCUT2D eigenvalue weighted by atomic mass is 35.5. The van der Waals surface area contributed by atoms with E-state index in [1.165, 1.54) is 16.1 Å². The number of aromatic nitrogens is 2. The van der Waals surface area contributed by atoms with E-state index in [0.717, 1.165) is 10.6 Å². The van der Waals surface area contributed by atoms with Crippen molar-refractivity contribution in [3.8, 4) is 20.3 Å². The number of rotatable bonds is 2. The van der Waals surface area contributed by atoms with Gasteiger partial charge in [-0.25, -0.2) is 9.97 Å². The Morgan fingerprint density at radius 3 is 2.65 bits per heavy atom. The lowest BCUT2D eigenvalue weighted by Gasteiger charge is -1.95. The van der Waals surface area contributed by atoms with Gasteiger partial charge in [-0.3, -0.25) is 0 Å². The van der Waals surface area contributed by atoms with Gasteiger partial charge in [-0.1, -0.05) is 17.7 Å². The number of thiophene rings is 2. The van der Waals surface area contributed by atoms with Gasteiger partial charge in [0, 0.05) is 15.8 Å². The summed E-state index contributed by atoms with van der Waals surface area (Å²) in [6.45, 7) is 0. The lowest BCUT2D eigenvalue weighted by Crippen LogP contribution is -1.81. The molecule has 0 aliphatic carbocycles. The molecule has 84 valence electrons. The van der Waals surface area contributed by atoms with Crippen LogP contribution in [0.5, 0.6) is 0 Å². The first-order valence-corrected chi connectivity index (χ1v) is 7.02. The average molecular weight is 279 g/mol. The van der Waals surface area contributed by atoms with Crippen LogP contribution in [0.1, 0.15) is 0 Å². The normalized spacial score (nSPS) is 10.6. The van der Waals surface area contributed by atoms with E-state index in [0.29, 0.717) is 5.15 Å². The van der Waals surface area contributed by atoms with Crippen LogP contribution in [0.4, 0.5) is 0 Å². The van der Waals surface area contributed by atoms with Gasteiger partial charge in [0.25, 0.3) is 0 Å². The van der Waals surface area contributed by atoms with Crippen LogP contribution in [0.25, 0.3) is 20.3 Å². The van der Waals surface area contributed by atoms with E-state index in [1.807, 2.05) is 0 Å². The van der Waals surface area contributed by atoms with Crippen LogP contribution in [0.3, 0.4) is 0 Å². The molecule has 0 aliphatic rings. The quantitative estimate of drug-likeness (QED) is 0.641. The number of hydrogen-bond acceptors (Lipinski definition) is 4. The molecule has 0 atom stereocenters. The fourth-order valence-electron chi connectivity index (χ4n) is 1.50. The largest absolute Gasteiger partial charge is 0.235 e. The second kappa shape index (κ2) is 4.56. The van der Waals surface area contributed by atoms with Crippen LogP contribution >= 0.6 is 34.3 Å². The Kier molecular flexibility index (Phi) is 2.93. The van der Waals surface area contributed by atoms with Crippen LogP contribution in [0.15, 0.2) is 42.0 Å². The number of hydrogen-bond donors (Lipinski definition) is 0. The predicted octanol–water partition coefficient (Wildman–Crippen LogP) is 4.59. The van der Waals surface area contributed by atoms with E-state index < -0.39 is 0 Å². The van der Waals surface area contributed by atoms with Gasteiger partial charge in [0.1, 0.15) is 11.5 Å². The minimum atomic E-state index is 0.473. The van der Waals surface area contributed by atoms with Crippen LogP contribution in [0, 0.1) is 0 Å². The minimum absolute atomic E-state index is 0.473. The van der Waals surface area contributed by atoms with E-state index in [-0.39, 0.29) is 0 Å². The zero-order chi connectivity index (χ0) is 11.7. The molecular formula is C12H7ClN2S2. The summed E-state index contributed by atoms with van der Waals surface area (Å²) < 4.78 is 0. The fraction of sp³-hybridized carbons (Fsp3) is 0. The second-order valence-corrected chi connectivity index (χ2v) is 5.79. The lowest BCUT2D eigenvalue weighted by molar-refractivity contribution is 1.18. The van der Waals surface area contributed by atoms with Crippen molar-refractivity contribution < 1.29 is 0 Å². The molecule has 5 heteroatoms. The Balaban J connectivity index is 2.01. The van der Waals surface area contributed by atoms with Gasteiger partial charge in [-0.15, -0.1) is 22.7 Å². The molecule has 0 spiro atoms. The topological polar surface area (TPSA) is 25.8 Å². The highest BCUT2D eigenvalue weighted by molar-refractivity contribution is 7.23. The average Bonchev–Trinajstić information content (AvgIpc) is 3.00. The van der Waals surface area contributed by atoms with E-state index in [4.69, 9.17) is 11.6 Å². The van der Waals surface area contributed by atoms with E-state index >= 15 is 0 Å². The summed E-state index contributed by atoms with van der Waals surface area (Å²) in [5.41, 5.74) is 0.873. The number of nitrogens with zero attached hydrogens (tertiary/aromatic N) is 2.